The van der Waals surface area contributed by atoms with Crippen LogP contribution in [0, 0.1) is 0 Å². The number of likely N-dealkylation sites (tertiary alicyclic amines) is 1. The molecule has 1 aliphatic heterocycles. The maximum absolute atomic E-state index is 12.1. The number of carbonyl (C=O) groups is 2. The van der Waals surface area contributed by atoms with Gasteiger partial charge in [0.2, 0.25) is 0 Å². The zero-order chi connectivity index (χ0) is 18.4. The second kappa shape index (κ2) is 7.96. The van der Waals surface area contributed by atoms with Gasteiger partial charge in [-0.15, -0.1) is 0 Å². The Morgan fingerprint density at radius 1 is 1.32 bits per heavy atom. The van der Waals surface area contributed by atoms with Crippen molar-refractivity contribution in [1.29, 1.82) is 0 Å². The Morgan fingerprint density at radius 3 is 2.68 bits per heavy atom. The standard InChI is InChI=1S/C17H24N4O4/c1-17(2,3)25-16(23)21-8-7-13(11-21)20-14-10-18-12(9-19-14)5-6-15(22)24-4/h5-6,9-10,13H,7-8,11H2,1-4H3,(H,19,20)/t13-/m1/s1. The van der Waals surface area contributed by atoms with E-state index in [0.717, 1.165) is 6.42 Å². The van der Waals surface area contributed by atoms with Gasteiger partial charge in [-0.25, -0.2) is 14.6 Å². The first-order chi connectivity index (χ1) is 11.8. The molecule has 0 aromatic carbocycles. The number of aromatic nitrogens is 2. The minimum absolute atomic E-state index is 0.0956. The van der Waals surface area contributed by atoms with Crippen molar-refractivity contribution in [3.8, 4) is 0 Å². The third-order valence-electron chi connectivity index (χ3n) is 3.46. The zero-order valence-electron chi connectivity index (χ0n) is 15.0. The van der Waals surface area contributed by atoms with E-state index in [9.17, 15) is 9.59 Å². The van der Waals surface area contributed by atoms with Crippen molar-refractivity contribution >= 4 is 24.0 Å². The van der Waals surface area contributed by atoms with Gasteiger partial charge in [0, 0.05) is 25.2 Å². The van der Waals surface area contributed by atoms with Gasteiger partial charge in [-0.3, -0.25) is 4.98 Å². The van der Waals surface area contributed by atoms with Gasteiger partial charge in [-0.05, 0) is 33.3 Å². The number of nitrogens with one attached hydrogen (secondary N) is 1. The maximum atomic E-state index is 12.1. The quantitative estimate of drug-likeness (QED) is 0.657. The van der Waals surface area contributed by atoms with Crippen LogP contribution < -0.4 is 5.32 Å². The molecule has 0 unspecified atom stereocenters. The molecule has 1 aliphatic rings. The molecule has 8 nitrogen and oxygen atoms in total. The zero-order valence-corrected chi connectivity index (χ0v) is 15.0. The Balaban J connectivity index is 1.86. The number of amides is 1. The Labute approximate surface area is 147 Å². The van der Waals surface area contributed by atoms with Crippen LogP contribution in [0.5, 0.6) is 0 Å². The number of nitrogens with zero attached hydrogens (tertiary/aromatic N) is 3. The molecule has 0 bridgehead atoms. The SMILES string of the molecule is COC(=O)C=Cc1cnc(N[C@@H]2CCN(C(=O)OC(C)(C)C)C2)cn1. The van der Waals surface area contributed by atoms with E-state index in [1.165, 1.54) is 19.3 Å². The number of anilines is 1. The maximum Gasteiger partial charge on any atom is 0.410 e. The van der Waals surface area contributed by atoms with E-state index in [4.69, 9.17) is 4.74 Å². The van der Waals surface area contributed by atoms with Crippen LogP contribution in [0.4, 0.5) is 10.6 Å². The highest BCUT2D eigenvalue weighted by atomic mass is 16.6. The van der Waals surface area contributed by atoms with Crippen molar-refractivity contribution in [2.75, 3.05) is 25.5 Å². The summed E-state index contributed by atoms with van der Waals surface area (Å²) in [5, 5.41) is 3.25. The Kier molecular flexibility index (Phi) is 5.95. The van der Waals surface area contributed by atoms with Crippen LogP contribution in [0.3, 0.4) is 0 Å². The predicted molar refractivity (Wildman–Crippen MR) is 92.9 cm³/mol. The molecular weight excluding hydrogens is 324 g/mol. The summed E-state index contributed by atoms with van der Waals surface area (Å²) >= 11 is 0. The van der Waals surface area contributed by atoms with Gasteiger partial charge in [0.25, 0.3) is 0 Å². The number of methoxy groups -OCH3 is 1. The van der Waals surface area contributed by atoms with E-state index in [1.807, 2.05) is 20.8 Å². The molecule has 2 heterocycles. The lowest BCUT2D eigenvalue weighted by molar-refractivity contribution is -0.134. The average Bonchev–Trinajstić information content (AvgIpc) is 3.01. The van der Waals surface area contributed by atoms with E-state index in [0.29, 0.717) is 24.6 Å². The third kappa shape index (κ3) is 6.06. The molecule has 0 spiro atoms. The summed E-state index contributed by atoms with van der Waals surface area (Å²) in [4.78, 5) is 33.3. The molecule has 25 heavy (non-hydrogen) atoms. The summed E-state index contributed by atoms with van der Waals surface area (Å²) in [6.45, 7) is 6.74. The van der Waals surface area contributed by atoms with E-state index in [1.54, 1.807) is 17.3 Å². The Bertz CT molecular complexity index is 637. The molecule has 1 N–H and O–H groups in total. The third-order valence-corrected chi connectivity index (χ3v) is 3.46. The fourth-order valence-electron chi connectivity index (χ4n) is 2.30. The van der Waals surface area contributed by atoms with E-state index in [-0.39, 0.29) is 12.1 Å². The normalized spacial score (nSPS) is 17.6. The summed E-state index contributed by atoms with van der Waals surface area (Å²) in [7, 11) is 1.31. The molecule has 0 aliphatic carbocycles. The summed E-state index contributed by atoms with van der Waals surface area (Å²) in [6, 6.07) is 0.0956. The van der Waals surface area contributed by atoms with Crippen molar-refractivity contribution in [1.82, 2.24) is 14.9 Å². The predicted octanol–water partition coefficient (Wildman–Crippen LogP) is 2.08. The molecule has 8 heteroatoms. The van der Waals surface area contributed by atoms with Gasteiger partial charge in [-0.1, -0.05) is 0 Å². The number of esters is 1. The minimum Gasteiger partial charge on any atom is -0.466 e. The first kappa shape index (κ1) is 18.7. The number of hydrogen-bond acceptors (Lipinski definition) is 7. The molecule has 1 saturated heterocycles. The highest BCUT2D eigenvalue weighted by Crippen LogP contribution is 2.17. The van der Waals surface area contributed by atoms with Crippen molar-refractivity contribution < 1.29 is 19.1 Å². The molecule has 1 atom stereocenters. The second-order valence-corrected chi connectivity index (χ2v) is 6.74. The summed E-state index contributed by atoms with van der Waals surface area (Å²) < 4.78 is 9.89. The van der Waals surface area contributed by atoms with Gasteiger partial charge in [-0.2, -0.15) is 0 Å². The van der Waals surface area contributed by atoms with Gasteiger partial charge in [0.15, 0.2) is 0 Å². The Hall–Kier alpha value is -2.64. The molecule has 1 aromatic heterocycles. The van der Waals surface area contributed by atoms with E-state index in [2.05, 4.69) is 20.0 Å². The molecule has 0 radical (unpaired) electrons. The minimum atomic E-state index is -0.498. The van der Waals surface area contributed by atoms with Crippen molar-refractivity contribution in [3.63, 3.8) is 0 Å². The monoisotopic (exact) mass is 348 g/mol. The molecule has 1 fully saturated rings. The Morgan fingerprint density at radius 2 is 2.08 bits per heavy atom. The first-order valence-corrected chi connectivity index (χ1v) is 8.09. The fraction of sp³-hybridized carbons (Fsp3) is 0.529. The van der Waals surface area contributed by atoms with Crippen LogP contribution >= 0.6 is 0 Å². The van der Waals surface area contributed by atoms with Crippen LogP contribution in [0.15, 0.2) is 18.5 Å². The summed E-state index contributed by atoms with van der Waals surface area (Å²) in [5.74, 6) is 0.170. The van der Waals surface area contributed by atoms with Crippen LogP contribution in [0.1, 0.15) is 32.9 Å². The average molecular weight is 348 g/mol. The van der Waals surface area contributed by atoms with Crippen LogP contribution in [0.2, 0.25) is 0 Å². The molecule has 1 aromatic rings. The number of rotatable bonds is 4. The fourth-order valence-corrected chi connectivity index (χ4v) is 2.30. The van der Waals surface area contributed by atoms with Crippen LogP contribution in [0.25, 0.3) is 6.08 Å². The van der Waals surface area contributed by atoms with Crippen molar-refractivity contribution in [3.05, 3.63) is 24.2 Å². The lowest BCUT2D eigenvalue weighted by Gasteiger charge is -2.24. The molecule has 136 valence electrons. The topological polar surface area (TPSA) is 93.7 Å². The molecule has 0 saturated carbocycles. The van der Waals surface area contributed by atoms with Gasteiger partial charge in [0.1, 0.15) is 11.4 Å². The lowest BCUT2D eigenvalue weighted by Crippen LogP contribution is -2.36. The second-order valence-electron chi connectivity index (χ2n) is 6.74. The van der Waals surface area contributed by atoms with Crippen LogP contribution in [-0.4, -0.2) is 58.8 Å². The highest BCUT2D eigenvalue weighted by molar-refractivity contribution is 5.86. The van der Waals surface area contributed by atoms with Crippen molar-refractivity contribution in [2.45, 2.75) is 38.8 Å². The van der Waals surface area contributed by atoms with Gasteiger partial charge >= 0.3 is 12.1 Å². The molecule has 2 rings (SSSR count). The number of carbonyl (C=O) groups excluding carboxylic acids is 2. The van der Waals surface area contributed by atoms with E-state index >= 15 is 0 Å². The summed E-state index contributed by atoms with van der Waals surface area (Å²) in [5.41, 5.74) is 0.0551. The molecule has 1 amide bonds. The lowest BCUT2D eigenvalue weighted by atomic mass is 10.2. The smallest absolute Gasteiger partial charge is 0.410 e. The highest BCUT2D eigenvalue weighted by Gasteiger charge is 2.29. The number of ether oxygens (including phenoxy) is 2. The number of hydrogen-bond donors (Lipinski definition) is 1. The van der Waals surface area contributed by atoms with Crippen LogP contribution in [-0.2, 0) is 14.3 Å². The van der Waals surface area contributed by atoms with Gasteiger partial charge < -0.3 is 19.7 Å². The first-order valence-electron chi connectivity index (χ1n) is 8.09. The summed E-state index contributed by atoms with van der Waals surface area (Å²) in [6.07, 6.45) is 6.47. The molecular formula is C17H24N4O4. The largest absolute Gasteiger partial charge is 0.466 e. The van der Waals surface area contributed by atoms with Gasteiger partial charge in [0.05, 0.1) is 25.2 Å². The van der Waals surface area contributed by atoms with E-state index < -0.39 is 11.6 Å². The van der Waals surface area contributed by atoms with Crippen molar-refractivity contribution in [2.24, 2.45) is 0 Å².